The minimum Gasteiger partial charge on any atom is -0.302 e. The van der Waals surface area contributed by atoms with E-state index in [4.69, 9.17) is 0 Å². The number of carbonyl (C=O) groups is 1. The average Bonchev–Trinajstić information content (AvgIpc) is 3.09. The summed E-state index contributed by atoms with van der Waals surface area (Å²) in [6.07, 6.45) is 1.35. The van der Waals surface area contributed by atoms with E-state index in [2.05, 4.69) is 65.8 Å². The molecule has 0 bridgehead atoms. The Bertz CT molecular complexity index is 1090. The maximum absolute atomic E-state index is 12.3. The van der Waals surface area contributed by atoms with Gasteiger partial charge < -0.3 is 5.32 Å². The summed E-state index contributed by atoms with van der Waals surface area (Å²) in [4.78, 5) is 18.2. The molecule has 0 aliphatic rings. The minimum atomic E-state index is 0.0304. The Morgan fingerprint density at radius 2 is 1.89 bits per heavy atom. The summed E-state index contributed by atoms with van der Waals surface area (Å²) >= 11 is 3.32. The number of nitrogens with zero attached hydrogens (tertiary/aromatic N) is 1. The zero-order valence-corrected chi connectivity index (χ0v) is 16.7. The molecule has 136 valence electrons. The highest BCUT2D eigenvalue weighted by molar-refractivity contribution is 7.99. The fourth-order valence-corrected chi connectivity index (χ4v) is 4.71. The second kappa shape index (κ2) is 8.11. The Morgan fingerprint density at radius 3 is 2.74 bits per heavy atom. The third-order valence-corrected chi connectivity index (χ3v) is 6.40. The third kappa shape index (κ3) is 4.31. The molecule has 27 heavy (non-hydrogen) atoms. The molecule has 0 atom stereocenters. The van der Waals surface area contributed by atoms with E-state index in [-0.39, 0.29) is 5.91 Å². The van der Waals surface area contributed by atoms with Crippen LogP contribution in [0.4, 0.5) is 5.13 Å². The second-order valence-corrected chi connectivity index (χ2v) is 8.66. The number of hydrogen-bond donors (Lipinski definition) is 1. The van der Waals surface area contributed by atoms with Crippen molar-refractivity contribution >= 4 is 55.1 Å². The first-order valence-electron chi connectivity index (χ1n) is 8.97. The molecule has 1 aromatic heterocycles. The Morgan fingerprint density at radius 1 is 1.07 bits per heavy atom. The summed E-state index contributed by atoms with van der Waals surface area (Å²) in [6, 6.07) is 20.9. The number of hydrogen-bond acceptors (Lipinski definition) is 4. The largest absolute Gasteiger partial charge is 0.302 e. The number of thioether (sulfide) groups is 1. The van der Waals surface area contributed by atoms with E-state index in [1.807, 2.05) is 12.1 Å². The van der Waals surface area contributed by atoms with E-state index in [0.29, 0.717) is 11.6 Å². The fraction of sp³-hybridized carbons (Fsp3) is 0.182. The monoisotopic (exact) mass is 392 g/mol. The summed E-state index contributed by atoms with van der Waals surface area (Å²) in [6.45, 7) is 2.09. The predicted octanol–water partition coefficient (Wildman–Crippen LogP) is 6.27. The van der Waals surface area contributed by atoms with Crippen LogP contribution in [0.25, 0.3) is 21.0 Å². The van der Waals surface area contributed by atoms with Crippen LogP contribution in [0.5, 0.6) is 0 Å². The van der Waals surface area contributed by atoms with Crippen molar-refractivity contribution in [3.8, 4) is 0 Å². The quantitative estimate of drug-likeness (QED) is 0.311. The van der Waals surface area contributed by atoms with Gasteiger partial charge >= 0.3 is 0 Å². The molecule has 0 aliphatic carbocycles. The molecule has 0 saturated heterocycles. The minimum absolute atomic E-state index is 0.0304. The number of nitrogens with one attached hydrogen (secondary N) is 1. The molecule has 3 nitrogen and oxygen atoms in total. The van der Waals surface area contributed by atoms with Crippen LogP contribution in [0, 0.1) is 6.92 Å². The lowest BCUT2D eigenvalue weighted by Crippen LogP contribution is -2.11. The van der Waals surface area contributed by atoms with Crippen LogP contribution in [-0.2, 0) is 4.79 Å². The third-order valence-electron chi connectivity index (χ3n) is 4.37. The van der Waals surface area contributed by atoms with Crippen molar-refractivity contribution in [2.24, 2.45) is 0 Å². The highest BCUT2D eigenvalue weighted by atomic mass is 32.2. The van der Waals surface area contributed by atoms with Crippen molar-refractivity contribution in [3.63, 3.8) is 0 Å². The standard InChI is InChI=1S/C22H20N2OS2/c1-15-8-11-17(12-9-15)26-14-4-7-20(25)23-22-24-21-18-6-3-2-5-16(18)10-13-19(21)27-22/h2-3,5-6,8-13H,4,7,14H2,1H3,(H,23,24,25). The van der Waals surface area contributed by atoms with Crippen LogP contribution < -0.4 is 5.32 Å². The number of carbonyl (C=O) groups excluding carboxylic acids is 1. The number of benzene rings is 3. The molecule has 0 saturated carbocycles. The maximum Gasteiger partial charge on any atom is 0.226 e. The highest BCUT2D eigenvalue weighted by Crippen LogP contribution is 2.31. The molecule has 0 fully saturated rings. The summed E-state index contributed by atoms with van der Waals surface area (Å²) in [7, 11) is 0. The van der Waals surface area contributed by atoms with E-state index in [9.17, 15) is 4.79 Å². The molecule has 1 heterocycles. The van der Waals surface area contributed by atoms with Gasteiger partial charge in [-0.2, -0.15) is 0 Å². The van der Waals surface area contributed by atoms with Crippen LogP contribution in [0.3, 0.4) is 0 Å². The van der Waals surface area contributed by atoms with Crippen LogP contribution in [0.15, 0.2) is 65.6 Å². The molecule has 1 N–H and O–H groups in total. The zero-order valence-electron chi connectivity index (χ0n) is 15.1. The van der Waals surface area contributed by atoms with Gasteiger partial charge in [0, 0.05) is 16.7 Å². The number of rotatable bonds is 6. The van der Waals surface area contributed by atoms with Gasteiger partial charge in [-0.25, -0.2) is 4.98 Å². The summed E-state index contributed by atoms with van der Waals surface area (Å²) in [5.41, 5.74) is 2.23. The molecule has 4 aromatic rings. The van der Waals surface area contributed by atoms with Crippen LogP contribution in [-0.4, -0.2) is 16.6 Å². The normalized spacial score (nSPS) is 11.1. The van der Waals surface area contributed by atoms with Gasteiger partial charge in [0.15, 0.2) is 5.13 Å². The Kier molecular flexibility index (Phi) is 5.41. The smallest absolute Gasteiger partial charge is 0.226 e. The van der Waals surface area contributed by atoms with E-state index in [0.717, 1.165) is 27.8 Å². The van der Waals surface area contributed by atoms with Gasteiger partial charge in [-0.3, -0.25) is 4.79 Å². The van der Waals surface area contributed by atoms with Gasteiger partial charge in [-0.1, -0.05) is 59.4 Å². The van der Waals surface area contributed by atoms with E-state index in [1.165, 1.54) is 27.2 Å². The van der Waals surface area contributed by atoms with Crippen molar-refractivity contribution in [1.29, 1.82) is 0 Å². The molecule has 1 amide bonds. The first-order valence-corrected chi connectivity index (χ1v) is 10.8. The summed E-state index contributed by atoms with van der Waals surface area (Å²) in [5.74, 6) is 0.962. The van der Waals surface area contributed by atoms with Crippen LogP contribution >= 0.6 is 23.1 Å². The van der Waals surface area contributed by atoms with E-state index in [1.54, 1.807) is 11.8 Å². The molecule has 0 aliphatic heterocycles. The molecular formula is C22H20N2OS2. The lowest BCUT2D eigenvalue weighted by molar-refractivity contribution is -0.116. The summed E-state index contributed by atoms with van der Waals surface area (Å²) in [5, 5.41) is 5.93. The molecular weight excluding hydrogens is 372 g/mol. The van der Waals surface area contributed by atoms with Crippen LogP contribution in [0.2, 0.25) is 0 Å². The van der Waals surface area contributed by atoms with Crippen LogP contribution in [0.1, 0.15) is 18.4 Å². The van der Waals surface area contributed by atoms with Gasteiger partial charge in [0.2, 0.25) is 5.91 Å². The first kappa shape index (κ1) is 18.0. The molecule has 3 aromatic carbocycles. The highest BCUT2D eigenvalue weighted by Gasteiger charge is 2.10. The van der Waals surface area contributed by atoms with Gasteiger partial charge in [-0.15, -0.1) is 11.8 Å². The second-order valence-electron chi connectivity index (χ2n) is 6.47. The molecule has 4 rings (SSSR count). The van der Waals surface area contributed by atoms with Gasteiger partial charge in [-0.05, 0) is 42.7 Å². The van der Waals surface area contributed by atoms with Crippen molar-refractivity contribution < 1.29 is 4.79 Å². The predicted molar refractivity (Wildman–Crippen MR) is 117 cm³/mol. The molecule has 0 spiro atoms. The van der Waals surface area contributed by atoms with Gasteiger partial charge in [0.05, 0.1) is 10.2 Å². The maximum atomic E-state index is 12.3. The zero-order chi connectivity index (χ0) is 18.6. The number of amides is 1. The topological polar surface area (TPSA) is 42.0 Å². The number of anilines is 1. The van der Waals surface area contributed by atoms with Crippen molar-refractivity contribution in [1.82, 2.24) is 4.98 Å². The average molecular weight is 393 g/mol. The number of fused-ring (bicyclic) bond motifs is 3. The Hall–Kier alpha value is -2.37. The first-order chi connectivity index (χ1) is 13.2. The lowest BCUT2D eigenvalue weighted by Gasteiger charge is -2.03. The van der Waals surface area contributed by atoms with Crippen molar-refractivity contribution in [3.05, 3.63) is 66.2 Å². The van der Waals surface area contributed by atoms with E-state index < -0.39 is 0 Å². The van der Waals surface area contributed by atoms with E-state index >= 15 is 0 Å². The number of thiazole rings is 1. The lowest BCUT2D eigenvalue weighted by atomic mass is 10.1. The molecule has 0 unspecified atom stereocenters. The Labute approximate surface area is 166 Å². The van der Waals surface area contributed by atoms with Gasteiger partial charge in [0.25, 0.3) is 0 Å². The molecule has 0 radical (unpaired) electrons. The van der Waals surface area contributed by atoms with Crippen molar-refractivity contribution in [2.45, 2.75) is 24.7 Å². The number of aryl methyl sites for hydroxylation is 1. The van der Waals surface area contributed by atoms with Crippen molar-refractivity contribution in [2.75, 3.05) is 11.1 Å². The van der Waals surface area contributed by atoms with Gasteiger partial charge in [0.1, 0.15) is 0 Å². The number of aromatic nitrogens is 1. The summed E-state index contributed by atoms with van der Waals surface area (Å²) < 4.78 is 1.10. The molecule has 5 heteroatoms. The Balaban J connectivity index is 1.34. The SMILES string of the molecule is Cc1ccc(SCCCC(=O)Nc2nc3c(ccc4ccccc43)s2)cc1. The fourth-order valence-electron chi connectivity index (χ4n) is 2.95.